The van der Waals surface area contributed by atoms with Gasteiger partial charge in [0.1, 0.15) is 5.75 Å². The second-order valence-corrected chi connectivity index (χ2v) is 5.74. The summed E-state index contributed by atoms with van der Waals surface area (Å²) in [6, 6.07) is 5.90. The highest BCUT2D eigenvalue weighted by atomic mass is 79.9. The van der Waals surface area contributed by atoms with Crippen LogP contribution in [0.3, 0.4) is 0 Å². The zero-order chi connectivity index (χ0) is 12.3. The third kappa shape index (κ3) is 3.36. The van der Waals surface area contributed by atoms with Crippen LogP contribution in [-0.2, 0) is 4.74 Å². The van der Waals surface area contributed by atoms with Gasteiger partial charge in [0, 0.05) is 11.4 Å². The number of hydrogen-bond acceptors (Lipinski definition) is 2. The summed E-state index contributed by atoms with van der Waals surface area (Å²) in [5.41, 5.74) is 1.17. The molecule has 1 aromatic carbocycles. The summed E-state index contributed by atoms with van der Waals surface area (Å²) in [4.78, 5) is 0.286. The molecule has 1 heterocycles. The summed E-state index contributed by atoms with van der Waals surface area (Å²) >= 11 is 9.81. The zero-order valence-electron chi connectivity index (χ0n) is 9.79. The van der Waals surface area contributed by atoms with Crippen molar-refractivity contribution in [2.45, 2.75) is 30.2 Å². The van der Waals surface area contributed by atoms with Gasteiger partial charge in [0.25, 0.3) is 0 Å². The molecule has 0 aliphatic carbocycles. The molecule has 2 nitrogen and oxygen atoms in total. The smallest absolute Gasteiger partial charge is 0.137 e. The Bertz CT molecular complexity index is 378. The molecule has 1 saturated heterocycles. The number of methoxy groups -OCH3 is 1. The Morgan fingerprint density at radius 3 is 3.00 bits per heavy atom. The first-order chi connectivity index (χ1) is 8.20. The van der Waals surface area contributed by atoms with Crippen LogP contribution in [0.1, 0.15) is 29.7 Å². The second-order valence-electron chi connectivity index (χ2n) is 4.23. The van der Waals surface area contributed by atoms with Gasteiger partial charge in [-0.15, -0.1) is 0 Å². The SMILES string of the molecule is COc1ccc(C(Br)CC2CCCO2)cc1Cl. The van der Waals surface area contributed by atoms with Crippen molar-refractivity contribution in [3.63, 3.8) is 0 Å². The minimum Gasteiger partial charge on any atom is -0.495 e. The highest BCUT2D eigenvalue weighted by Gasteiger charge is 2.20. The number of hydrogen-bond donors (Lipinski definition) is 0. The van der Waals surface area contributed by atoms with E-state index < -0.39 is 0 Å². The van der Waals surface area contributed by atoms with E-state index in [2.05, 4.69) is 15.9 Å². The Labute approximate surface area is 115 Å². The van der Waals surface area contributed by atoms with Gasteiger partial charge in [-0.05, 0) is 37.0 Å². The first-order valence-electron chi connectivity index (χ1n) is 5.80. The third-order valence-corrected chi connectivity index (χ3v) is 4.23. The molecule has 0 spiro atoms. The van der Waals surface area contributed by atoms with Crippen molar-refractivity contribution < 1.29 is 9.47 Å². The van der Waals surface area contributed by atoms with E-state index in [0.717, 1.165) is 19.4 Å². The minimum absolute atomic E-state index is 0.286. The van der Waals surface area contributed by atoms with E-state index in [0.29, 0.717) is 16.9 Å². The summed E-state index contributed by atoms with van der Waals surface area (Å²) in [6.45, 7) is 0.897. The maximum Gasteiger partial charge on any atom is 0.137 e. The molecule has 4 heteroatoms. The predicted molar refractivity (Wildman–Crippen MR) is 73.3 cm³/mol. The lowest BCUT2D eigenvalue weighted by atomic mass is 10.0. The van der Waals surface area contributed by atoms with Crippen LogP contribution < -0.4 is 4.74 Å². The number of alkyl halides is 1. The van der Waals surface area contributed by atoms with E-state index in [1.807, 2.05) is 18.2 Å². The van der Waals surface area contributed by atoms with E-state index in [4.69, 9.17) is 21.1 Å². The van der Waals surface area contributed by atoms with Gasteiger partial charge in [-0.1, -0.05) is 33.6 Å². The van der Waals surface area contributed by atoms with Gasteiger partial charge in [-0.3, -0.25) is 0 Å². The van der Waals surface area contributed by atoms with Crippen molar-refractivity contribution in [3.8, 4) is 5.75 Å². The maximum atomic E-state index is 6.11. The van der Waals surface area contributed by atoms with E-state index >= 15 is 0 Å². The van der Waals surface area contributed by atoms with Crippen LogP contribution in [0.5, 0.6) is 5.75 Å². The summed E-state index contributed by atoms with van der Waals surface area (Å²) < 4.78 is 10.8. The average Bonchev–Trinajstić information content (AvgIpc) is 2.81. The Morgan fingerprint density at radius 1 is 1.59 bits per heavy atom. The molecule has 2 atom stereocenters. The topological polar surface area (TPSA) is 18.5 Å². The van der Waals surface area contributed by atoms with E-state index in [-0.39, 0.29) is 4.83 Å². The highest BCUT2D eigenvalue weighted by Crippen LogP contribution is 2.35. The molecule has 0 radical (unpaired) electrons. The quantitative estimate of drug-likeness (QED) is 0.768. The normalized spacial score (nSPS) is 21.5. The van der Waals surface area contributed by atoms with Gasteiger partial charge in [-0.25, -0.2) is 0 Å². The lowest BCUT2D eigenvalue weighted by molar-refractivity contribution is 0.104. The van der Waals surface area contributed by atoms with Gasteiger partial charge in [-0.2, -0.15) is 0 Å². The molecule has 0 N–H and O–H groups in total. The fourth-order valence-electron chi connectivity index (χ4n) is 2.07. The molecule has 2 rings (SSSR count). The molecule has 2 unspecified atom stereocenters. The van der Waals surface area contributed by atoms with Crippen LogP contribution in [0.4, 0.5) is 0 Å². The van der Waals surface area contributed by atoms with Gasteiger partial charge in [0.2, 0.25) is 0 Å². The van der Waals surface area contributed by atoms with Crippen LogP contribution >= 0.6 is 27.5 Å². The van der Waals surface area contributed by atoms with Crippen molar-refractivity contribution in [1.29, 1.82) is 0 Å². The lowest BCUT2D eigenvalue weighted by Crippen LogP contribution is -2.08. The standard InChI is InChI=1S/C13H16BrClO2/c1-16-13-5-4-9(7-12(13)15)11(14)8-10-3-2-6-17-10/h4-5,7,10-11H,2-3,6,8H2,1H3. The lowest BCUT2D eigenvalue weighted by Gasteiger charge is -2.16. The number of benzene rings is 1. The molecule has 0 saturated carbocycles. The van der Waals surface area contributed by atoms with Gasteiger partial charge in [0.15, 0.2) is 0 Å². The van der Waals surface area contributed by atoms with Crippen molar-refractivity contribution in [3.05, 3.63) is 28.8 Å². The fraction of sp³-hybridized carbons (Fsp3) is 0.538. The van der Waals surface area contributed by atoms with Crippen LogP contribution in [0.15, 0.2) is 18.2 Å². The maximum absolute atomic E-state index is 6.11. The van der Waals surface area contributed by atoms with Crippen LogP contribution in [0.2, 0.25) is 5.02 Å². The third-order valence-electron chi connectivity index (χ3n) is 3.03. The monoisotopic (exact) mass is 318 g/mol. The Kier molecular flexibility index (Phi) is 4.71. The van der Waals surface area contributed by atoms with E-state index in [9.17, 15) is 0 Å². The van der Waals surface area contributed by atoms with Crippen LogP contribution in [-0.4, -0.2) is 19.8 Å². The Balaban J connectivity index is 2.02. The number of ether oxygens (including phenoxy) is 2. The molecular weight excluding hydrogens is 303 g/mol. The predicted octanol–water partition coefficient (Wildman–Crippen LogP) is 4.35. The highest BCUT2D eigenvalue weighted by molar-refractivity contribution is 9.09. The molecular formula is C13H16BrClO2. The first kappa shape index (κ1) is 13.2. The van der Waals surface area contributed by atoms with Crippen molar-refractivity contribution in [2.75, 3.05) is 13.7 Å². The molecule has 94 valence electrons. The Morgan fingerprint density at radius 2 is 2.41 bits per heavy atom. The molecule has 1 fully saturated rings. The minimum atomic E-state index is 0.286. The molecule has 1 aromatic rings. The molecule has 1 aliphatic rings. The molecule has 0 amide bonds. The van der Waals surface area contributed by atoms with Gasteiger partial charge in [0.05, 0.1) is 18.2 Å². The summed E-state index contributed by atoms with van der Waals surface area (Å²) in [7, 11) is 1.62. The fourth-order valence-corrected chi connectivity index (χ4v) is 3.04. The van der Waals surface area contributed by atoms with Crippen LogP contribution in [0.25, 0.3) is 0 Å². The second kappa shape index (κ2) is 6.07. The average molecular weight is 320 g/mol. The van der Waals surface area contributed by atoms with E-state index in [1.54, 1.807) is 7.11 Å². The van der Waals surface area contributed by atoms with Crippen molar-refractivity contribution in [1.82, 2.24) is 0 Å². The number of halogens is 2. The van der Waals surface area contributed by atoms with Crippen molar-refractivity contribution in [2.24, 2.45) is 0 Å². The molecule has 0 bridgehead atoms. The van der Waals surface area contributed by atoms with Gasteiger partial charge >= 0.3 is 0 Å². The molecule has 1 aliphatic heterocycles. The van der Waals surface area contributed by atoms with E-state index in [1.165, 1.54) is 12.0 Å². The number of rotatable bonds is 4. The summed E-state index contributed by atoms with van der Waals surface area (Å²) in [5, 5.41) is 0.654. The largest absolute Gasteiger partial charge is 0.495 e. The van der Waals surface area contributed by atoms with Gasteiger partial charge < -0.3 is 9.47 Å². The van der Waals surface area contributed by atoms with Crippen LogP contribution in [0, 0.1) is 0 Å². The first-order valence-corrected chi connectivity index (χ1v) is 7.09. The Hall–Kier alpha value is -0.250. The zero-order valence-corrected chi connectivity index (χ0v) is 12.1. The molecule has 17 heavy (non-hydrogen) atoms. The summed E-state index contributed by atoms with van der Waals surface area (Å²) in [6.07, 6.45) is 3.70. The van der Waals surface area contributed by atoms with Crippen molar-refractivity contribution >= 4 is 27.5 Å². The molecule has 0 aromatic heterocycles. The summed E-state index contributed by atoms with van der Waals surface area (Å²) in [5.74, 6) is 0.715.